The predicted octanol–water partition coefficient (Wildman–Crippen LogP) is 3.11. The van der Waals surface area contributed by atoms with Crippen molar-refractivity contribution in [3.05, 3.63) is 47.2 Å². The number of carbonyl (C=O) groups is 1. The molecule has 0 radical (unpaired) electrons. The van der Waals surface area contributed by atoms with Gasteiger partial charge in [-0.3, -0.25) is 4.79 Å². The Hall–Kier alpha value is -1.79. The van der Waals surface area contributed by atoms with Crippen molar-refractivity contribution in [3.8, 4) is 0 Å². The third kappa shape index (κ3) is 3.99. The van der Waals surface area contributed by atoms with E-state index in [-0.39, 0.29) is 16.6 Å². The molecule has 5 nitrogen and oxygen atoms in total. The van der Waals surface area contributed by atoms with Crippen LogP contribution in [-0.2, 0) is 0 Å². The molecule has 1 amide bonds. The van der Waals surface area contributed by atoms with Crippen molar-refractivity contribution in [3.63, 3.8) is 0 Å². The second kappa shape index (κ2) is 7.85. The van der Waals surface area contributed by atoms with E-state index in [0.717, 1.165) is 19.5 Å². The Morgan fingerprint density at radius 3 is 2.96 bits per heavy atom. The quantitative estimate of drug-likeness (QED) is 0.654. The fraction of sp³-hybridized carbons (Fsp3) is 0.353. The van der Waals surface area contributed by atoms with Gasteiger partial charge < -0.3 is 10.2 Å². The van der Waals surface area contributed by atoms with E-state index in [0.29, 0.717) is 17.6 Å². The van der Waals surface area contributed by atoms with Gasteiger partial charge in [0, 0.05) is 25.3 Å². The second-order valence-corrected chi connectivity index (χ2v) is 6.88. The molecule has 3 rings (SSSR count). The fourth-order valence-electron chi connectivity index (χ4n) is 2.80. The van der Waals surface area contributed by atoms with Crippen molar-refractivity contribution in [2.75, 3.05) is 30.8 Å². The molecule has 1 aliphatic heterocycles. The molecule has 1 aromatic carbocycles. The van der Waals surface area contributed by atoms with E-state index < -0.39 is 0 Å². The van der Waals surface area contributed by atoms with Gasteiger partial charge >= 0.3 is 0 Å². The molecule has 0 spiro atoms. The Balaban J connectivity index is 1.56. The highest BCUT2D eigenvalue weighted by molar-refractivity contribution is 7.98. The topological polar surface area (TPSA) is 58.1 Å². The van der Waals surface area contributed by atoms with Crippen LogP contribution in [0.5, 0.6) is 0 Å². The Morgan fingerprint density at radius 2 is 2.21 bits per heavy atom. The molecule has 1 aliphatic rings. The number of nitrogens with one attached hydrogen (secondary N) is 1. The van der Waals surface area contributed by atoms with Crippen molar-refractivity contribution in [2.45, 2.75) is 11.6 Å². The molecule has 2 aromatic rings. The average Bonchev–Trinajstić information content (AvgIpc) is 3.10. The normalized spacial score (nSPS) is 17.1. The van der Waals surface area contributed by atoms with E-state index in [1.54, 1.807) is 0 Å². The van der Waals surface area contributed by atoms with E-state index in [1.165, 1.54) is 23.6 Å². The summed E-state index contributed by atoms with van der Waals surface area (Å²) in [6.07, 6.45) is 4.40. The Labute approximate surface area is 150 Å². The summed E-state index contributed by atoms with van der Waals surface area (Å²) < 4.78 is 0. The number of carbonyl (C=O) groups excluding carboxylic acids is 1. The average molecular weight is 363 g/mol. The van der Waals surface area contributed by atoms with Crippen molar-refractivity contribution in [2.24, 2.45) is 5.92 Å². The Kier molecular flexibility index (Phi) is 5.58. The molecule has 1 saturated heterocycles. The maximum absolute atomic E-state index is 12.3. The summed E-state index contributed by atoms with van der Waals surface area (Å²) in [5, 5.41) is 3.78. The van der Waals surface area contributed by atoms with Gasteiger partial charge in [0.2, 0.25) is 0 Å². The molecule has 1 aromatic heterocycles. The highest BCUT2D eigenvalue weighted by Crippen LogP contribution is 2.23. The molecule has 24 heavy (non-hydrogen) atoms. The number of hydrogen-bond donors (Lipinski definition) is 1. The van der Waals surface area contributed by atoms with Crippen LogP contribution < -0.4 is 10.2 Å². The number of thioether (sulfide) groups is 1. The minimum atomic E-state index is -0.240. The molecule has 1 N–H and O–H groups in total. The first-order valence-electron chi connectivity index (χ1n) is 7.82. The van der Waals surface area contributed by atoms with Gasteiger partial charge in [-0.25, -0.2) is 9.97 Å². The predicted molar refractivity (Wildman–Crippen MR) is 97.9 cm³/mol. The number of hydrogen-bond acceptors (Lipinski definition) is 5. The van der Waals surface area contributed by atoms with Crippen LogP contribution in [-0.4, -0.2) is 41.8 Å². The number of anilines is 1. The van der Waals surface area contributed by atoms with Crippen LogP contribution in [0.3, 0.4) is 0 Å². The molecule has 0 bridgehead atoms. The summed E-state index contributed by atoms with van der Waals surface area (Å²) >= 11 is 7.43. The molecular formula is C17H19ClN4OS. The molecule has 126 valence electrons. The van der Waals surface area contributed by atoms with Crippen LogP contribution in [0.4, 0.5) is 5.69 Å². The highest BCUT2D eigenvalue weighted by atomic mass is 35.5. The Morgan fingerprint density at radius 1 is 1.42 bits per heavy atom. The molecule has 7 heteroatoms. The summed E-state index contributed by atoms with van der Waals surface area (Å²) in [7, 11) is 0. The number of nitrogens with zero attached hydrogens (tertiary/aromatic N) is 3. The van der Waals surface area contributed by atoms with Gasteiger partial charge in [-0.2, -0.15) is 0 Å². The number of rotatable bonds is 5. The van der Waals surface area contributed by atoms with Crippen LogP contribution in [0.25, 0.3) is 0 Å². The third-order valence-corrected chi connectivity index (χ3v) is 4.92. The fourth-order valence-corrected chi connectivity index (χ4v) is 3.32. The van der Waals surface area contributed by atoms with Gasteiger partial charge in [0.05, 0.1) is 11.2 Å². The van der Waals surface area contributed by atoms with Gasteiger partial charge in [-0.15, -0.1) is 0 Å². The van der Waals surface area contributed by atoms with Gasteiger partial charge in [0.15, 0.2) is 10.9 Å². The summed E-state index contributed by atoms with van der Waals surface area (Å²) in [4.78, 5) is 22.9. The van der Waals surface area contributed by atoms with Gasteiger partial charge in [0.1, 0.15) is 0 Å². The number of amides is 1. The maximum atomic E-state index is 12.3. The van der Waals surface area contributed by atoms with Crippen molar-refractivity contribution in [1.29, 1.82) is 0 Å². The zero-order chi connectivity index (χ0) is 16.9. The summed E-state index contributed by atoms with van der Waals surface area (Å²) in [5.74, 6) is 0.186. The molecule has 1 atom stereocenters. The SMILES string of the molecule is CSc1ncc(Cl)c(C(=O)NC[C@H]2CCN(c3ccccc3)C2)n1. The maximum Gasteiger partial charge on any atom is 0.271 e. The van der Waals surface area contributed by atoms with Gasteiger partial charge in [-0.1, -0.05) is 41.6 Å². The summed E-state index contributed by atoms with van der Waals surface area (Å²) in [5.41, 5.74) is 1.48. The minimum Gasteiger partial charge on any atom is -0.371 e. The van der Waals surface area contributed by atoms with E-state index in [2.05, 4.69) is 32.3 Å². The zero-order valence-electron chi connectivity index (χ0n) is 13.4. The molecule has 2 heterocycles. The van der Waals surface area contributed by atoms with Crippen LogP contribution in [0.1, 0.15) is 16.9 Å². The molecular weight excluding hydrogens is 344 g/mol. The van der Waals surface area contributed by atoms with Crippen molar-refractivity contribution in [1.82, 2.24) is 15.3 Å². The van der Waals surface area contributed by atoms with Gasteiger partial charge in [-0.05, 0) is 30.7 Å². The lowest BCUT2D eigenvalue weighted by Crippen LogP contribution is -2.31. The van der Waals surface area contributed by atoms with E-state index in [4.69, 9.17) is 11.6 Å². The molecule has 0 unspecified atom stereocenters. The third-order valence-electron chi connectivity index (χ3n) is 4.08. The highest BCUT2D eigenvalue weighted by Gasteiger charge is 2.24. The Bertz CT molecular complexity index is 713. The van der Waals surface area contributed by atoms with Crippen LogP contribution in [0.15, 0.2) is 41.7 Å². The molecule has 1 fully saturated rings. The number of aromatic nitrogens is 2. The lowest BCUT2D eigenvalue weighted by molar-refractivity contribution is 0.0942. The van der Waals surface area contributed by atoms with Gasteiger partial charge in [0.25, 0.3) is 5.91 Å². The number of benzene rings is 1. The second-order valence-electron chi connectivity index (χ2n) is 5.70. The lowest BCUT2D eigenvalue weighted by Gasteiger charge is -2.18. The van der Waals surface area contributed by atoms with E-state index in [1.807, 2.05) is 24.5 Å². The lowest BCUT2D eigenvalue weighted by atomic mass is 10.1. The van der Waals surface area contributed by atoms with Crippen molar-refractivity contribution < 1.29 is 4.79 Å². The summed E-state index contributed by atoms with van der Waals surface area (Å²) in [6.45, 7) is 2.57. The monoisotopic (exact) mass is 362 g/mol. The smallest absolute Gasteiger partial charge is 0.271 e. The van der Waals surface area contributed by atoms with Crippen LogP contribution in [0, 0.1) is 5.92 Å². The minimum absolute atomic E-state index is 0.240. The zero-order valence-corrected chi connectivity index (χ0v) is 15.0. The van der Waals surface area contributed by atoms with Crippen molar-refractivity contribution >= 4 is 35.0 Å². The van der Waals surface area contributed by atoms with E-state index >= 15 is 0 Å². The summed E-state index contributed by atoms with van der Waals surface area (Å²) in [6, 6.07) is 10.3. The van der Waals surface area contributed by atoms with Crippen LogP contribution >= 0.6 is 23.4 Å². The van der Waals surface area contributed by atoms with E-state index in [9.17, 15) is 4.79 Å². The largest absolute Gasteiger partial charge is 0.371 e. The first kappa shape index (κ1) is 17.0. The first-order valence-corrected chi connectivity index (χ1v) is 9.42. The van der Waals surface area contributed by atoms with Crippen LogP contribution in [0.2, 0.25) is 5.02 Å². The first-order chi connectivity index (χ1) is 11.7. The number of halogens is 1. The molecule has 0 aliphatic carbocycles. The standard InChI is InChI=1S/C17H19ClN4OS/c1-24-17-20-10-14(18)15(21-17)16(23)19-9-12-7-8-22(11-12)13-5-3-2-4-6-13/h2-6,10,12H,7-9,11H2,1H3,(H,19,23)/t12-/m1/s1. The number of para-hydroxylation sites is 1. The molecule has 0 saturated carbocycles.